The molecule has 2 rings (SSSR count). The fourth-order valence-electron chi connectivity index (χ4n) is 2.56. The summed E-state index contributed by atoms with van der Waals surface area (Å²) >= 11 is 0. The maximum absolute atomic E-state index is 12.0. The van der Waals surface area contributed by atoms with Crippen LogP contribution in [0, 0.1) is 6.92 Å². The molecule has 0 aliphatic carbocycles. The number of nitrogens with one attached hydrogen (secondary N) is 1. The van der Waals surface area contributed by atoms with Gasteiger partial charge in [0, 0.05) is 24.1 Å². The lowest BCUT2D eigenvalue weighted by Gasteiger charge is -2.15. The average molecular weight is 313 g/mol. The molecule has 4 nitrogen and oxygen atoms in total. The molecule has 0 aliphatic heterocycles. The van der Waals surface area contributed by atoms with Crippen LogP contribution >= 0.6 is 0 Å². The third-order valence-corrected chi connectivity index (χ3v) is 3.82. The van der Waals surface area contributed by atoms with Crippen LogP contribution in [-0.4, -0.2) is 20.1 Å². The molecule has 0 fully saturated rings. The Morgan fingerprint density at radius 3 is 2.43 bits per heavy atom. The van der Waals surface area contributed by atoms with Crippen LogP contribution in [0.25, 0.3) is 0 Å². The number of rotatable bonds is 7. The normalized spacial score (nSPS) is 10.2. The smallest absolute Gasteiger partial charge is 0.220 e. The molecule has 2 aromatic carbocycles. The molecule has 0 atom stereocenters. The molecule has 0 aromatic heterocycles. The quantitative estimate of drug-likeness (QED) is 0.853. The SMILES string of the molecule is COc1ccc(CNC(=O)CCc2ccccc2)c(OC)c1C. The van der Waals surface area contributed by atoms with Crippen molar-refractivity contribution in [1.82, 2.24) is 5.32 Å². The van der Waals surface area contributed by atoms with Gasteiger partial charge in [-0.3, -0.25) is 4.79 Å². The zero-order valence-electron chi connectivity index (χ0n) is 13.9. The number of aryl methyl sites for hydroxylation is 1. The number of hydrogen-bond acceptors (Lipinski definition) is 3. The second-order valence-corrected chi connectivity index (χ2v) is 5.35. The predicted octanol–water partition coefficient (Wildman–Crippen LogP) is 3.26. The van der Waals surface area contributed by atoms with E-state index in [4.69, 9.17) is 9.47 Å². The minimum absolute atomic E-state index is 0.0318. The van der Waals surface area contributed by atoms with Gasteiger partial charge in [0.25, 0.3) is 0 Å². The molecule has 1 N–H and O–H groups in total. The van der Waals surface area contributed by atoms with Crippen molar-refractivity contribution in [2.45, 2.75) is 26.3 Å². The highest BCUT2D eigenvalue weighted by Gasteiger charge is 2.12. The van der Waals surface area contributed by atoms with Crippen molar-refractivity contribution in [3.63, 3.8) is 0 Å². The summed E-state index contributed by atoms with van der Waals surface area (Å²) in [6.45, 7) is 2.39. The minimum atomic E-state index is 0.0318. The van der Waals surface area contributed by atoms with Gasteiger partial charge in [-0.2, -0.15) is 0 Å². The fraction of sp³-hybridized carbons (Fsp3) is 0.316. The van der Waals surface area contributed by atoms with Crippen LogP contribution in [0.5, 0.6) is 11.5 Å². The monoisotopic (exact) mass is 313 g/mol. The van der Waals surface area contributed by atoms with Gasteiger partial charge in [-0.1, -0.05) is 30.3 Å². The molecular formula is C19H23NO3. The fourth-order valence-corrected chi connectivity index (χ4v) is 2.56. The second kappa shape index (κ2) is 8.22. The molecule has 1 amide bonds. The molecule has 0 spiro atoms. The van der Waals surface area contributed by atoms with Crippen LogP contribution in [0.2, 0.25) is 0 Å². The molecule has 0 bridgehead atoms. The second-order valence-electron chi connectivity index (χ2n) is 5.35. The van der Waals surface area contributed by atoms with E-state index < -0.39 is 0 Å². The van der Waals surface area contributed by atoms with E-state index in [2.05, 4.69) is 5.32 Å². The van der Waals surface area contributed by atoms with Gasteiger partial charge >= 0.3 is 0 Å². The Morgan fingerprint density at radius 2 is 1.78 bits per heavy atom. The van der Waals surface area contributed by atoms with Gasteiger partial charge in [0.2, 0.25) is 5.91 Å². The summed E-state index contributed by atoms with van der Waals surface area (Å²) in [6.07, 6.45) is 1.22. The lowest BCUT2D eigenvalue weighted by molar-refractivity contribution is -0.121. The number of amides is 1. The molecule has 0 radical (unpaired) electrons. The third-order valence-electron chi connectivity index (χ3n) is 3.82. The van der Waals surface area contributed by atoms with E-state index in [-0.39, 0.29) is 5.91 Å². The van der Waals surface area contributed by atoms with Gasteiger partial charge in [-0.15, -0.1) is 0 Å². The highest BCUT2D eigenvalue weighted by atomic mass is 16.5. The van der Waals surface area contributed by atoms with Gasteiger partial charge < -0.3 is 14.8 Å². The van der Waals surface area contributed by atoms with E-state index in [1.165, 1.54) is 5.56 Å². The van der Waals surface area contributed by atoms with Crippen molar-refractivity contribution in [3.8, 4) is 11.5 Å². The summed E-state index contributed by atoms with van der Waals surface area (Å²) < 4.78 is 10.7. The van der Waals surface area contributed by atoms with E-state index in [0.717, 1.165) is 29.0 Å². The van der Waals surface area contributed by atoms with Gasteiger partial charge in [-0.25, -0.2) is 0 Å². The maximum atomic E-state index is 12.0. The summed E-state index contributed by atoms with van der Waals surface area (Å²) in [4.78, 5) is 12.0. The Bertz CT molecular complexity index is 653. The molecule has 0 unspecified atom stereocenters. The Hall–Kier alpha value is -2.49. The van der Waals surface area contributed by atoms with Crippen LogP contribution in [0.3, 0.4) is 0 Å². The molecular weight excluding hydrogens is 290 g/mol. The van der Waals surface area contributed by atoms with Crippen LogP contribution in [0.15, 0.2) is 42.5 Å². The lowest BCUT2D eigenvalue weighted by atomic mass is 10.1. The predicted molar refractivity (Wildman–Crippen MR) is 90.9 cm³/mol. The Morgan fingerprint density at radius 1 is 1.04 bits per heavy atom. The van der Waals surface area contributed by atoms with Gasteiger partial charge in [-0.05, 0) is 31.0 Å². The number of carbonyl (C=O) groups excluding carboxylic acids is 1. The maximum Gasteiger partial charge on any atom is 0.220 e. The van der Waals surface area contributed by atoms with Crippen LogP contribution in [0.1, 0.15) is 23.1 Å². The zero-order valence-corrected chi connectivity index (χ0v) is 13.9. The van der Waals surface area contributed by atoms with Crippen LogP contribution in [-0.2, 0) is 17.8 Å². The first-order valence-corrected chi connectivity index (χ1v) is 7.66. The highest BCUT2D eigenvalue weighted by Crippen LogP contribution is 2.31. The summed E-state index contributed by atoms with van der Waals surface area (Å²) in [6, 6.07) is 13.8. The number of ether oxygens (including phenoxy) is 2. The Kier molecular flexibility index (Phi) is 6.03. The first kappa shape index (κ1) is 16.9. The van der Waals surface area contributed by atoms with E-state index in [1.807, 2.05) is 49.4 Å². The first-order chi connectivity index (χ1) is 11.2. The number of methoxy groups -OCH3 is 2. The number of hydrogen-bond donors (Lipinski definition) is 1. The third kappa shape index (κ3) is 4.49. The van der Waals surface area contributed by atoms with Crippen molar-refractivity contribution in [2.24, 2.45) is 0 Å². The first-order valence-electron chi connectivity index (χ1n) is 7.66. The van der Waals surface area contributed by atoms with Gasteiger partial charge in [0.05, 0.1) is 14.2 Å². The van der Waals surface area contributed by atoms with Crippen LogP contribution < -0.4 is 14.8 Å². The molecule has 0 saturated heterocycles. The van der Waals surface area contributed by atoms with Crippen molar-refractivity contribution >= 4 is 5.91 Å². The molecule has 2 aromatic rings. The molecule has 0 saturated carbocycles. The van der Waals surface area contributed by atoms with Crippen molar-refractivity contribution in [3.05, 3.63) is 59.2 Å². The molecule has 122 valence electrons. The number of carbonyl (C=O) groups is 1. The van der Waals surface area contributed by atoms with Crippen LogP contribution in [0.4, 0.5) is 0 Å². The summed E-state index contributed by atoms with van der Waals surface area (Å²) in [5, 5.41) is 2.95. The summed E-state index contributed by atoms with van der Waals surface area (Å²) in [5.74, 6) is 1.57. The lowest BCUT2D eigenvalue weighted by Crippen LogP contribution is -2.23. The van der Waals surface area contributed by atoms with E-state index in [0.29, 0.717) is 13.0 Å². The topological polar surface area (TPSA) is 47.6 Å². The van der Waals surface area contributed by atoms with Crippen molar-refractivity contribution in [2.75, 3.05) is 14.2 Å². The minimum Gasteiger partial charge on any atom is -0.496 e. The molecule has 0 heterocycles. The van der Waals surface area contributed by atoms with Crippen molar-refractivity contribution in [1.29, 1.82) is 0 Å². The highest BCUT2D eigenvalue weighted by molar-refractivity contribution is 5.76. The van der Waals surface area contributed by atoms with E-state index in [9.17, 15) is 4.79 Å². The number of benzene rings is 2. The largest absolute Gasteiger partial charge is 0.496 e. The standard InChI is InChI=1S/C19H23NO3/c1-14-17(22-2)11-10-16(19(14)23-3)13-20-18(21)12-9-15-7-5-4-6-8-15/h4-8,10-11H,9,12-13H2,1-3H3,(H,20,21). The zero-order chi connectivity index (χ0) is 16.7. The average Bonchev–Trinajstić information content (AvgIpc) is 2.59. The summed E-state index contributed by atoms with van der Waals surface area (Å²) in [5.41, 5.74) is 3.05. The summed E-state index contributed by atoms with van der Waals surface area (Å²) in [7, 11) is 3.26. The Balaban J connectivity index is 1.92. The van der Waals surface area contributed by atoms with E-state index >= 15 is 0 Å². The molecule has 23 heavy (non-hydrogen) atoms. The molecule has 4 heteroatoms. The Labute approximate surface area is 137 Å². The molecule has 0 aliphatic rings. The van der Waals surface area contributed by atoms with E-state index in [1.54, 1.807) is 14.2 Å². The van der Waals surface area contributed by atoms with Gasteiger partial charge in [0.15, 0.2) is 0 Å². The van der Waals surface area contributed by atoms with Gasteiger partial charge in [0.1, 0.15) is 11.5 Å². The van der Waals surface area contributed by atoms with Crippen molar-refractivity contribution < 1.29 is 14.3 Å².